The minimum atomic E-state index is -1.32. The van der Waals surface area contributed by atoms with Crippen molar-refractivity contribution in [2.45, 2.75) is 13.5 Å². The molecule has 8 nitrogen and oxygen atoms in total. The molecule has 3 aromatic rings. The van der Waals surface area contributed by atoms with E-state index in [1.54, 1.807) is 0 Å². The molecule has 9 heteroatoms. The van der Waals surface area contributed by atoms with Crippen molar-refractivity contribution in [3.63, 3.8) is 0 Å². The fourth-order valence-electron chi connectivity index (χ4n) is 3.51. The van der Waals surface area contributed by atoms with Crippen LogP contribution in [0.5, 0.6) is 5.75 Å². The van der Waals surface area contributed by atoms with E-state index in [9.17, 15) is 14.7 Å². The molecule has 0 spiro atoms. The standard InChI is InChI=1S/C21H20BrN3O5/c1-13-16(24-7-9-29-10-8-24)11-15(22)19-23-17(21(27)28)18(20(26)25(13)19)30-12-14-5-3-2-4-6-14/h2-6,11H,7-10,12H2,1H3,(H,27,28). The number of ether oxygens (including phenoxy) is 2. The van der Waals surface area contributed by atoms with Crippen molar-refractivity contribution in [1.29, 1.82) is 0 Å². The lowest BCUT2D eigenvalue weighted by atomic mass is 10.2. The number of pyridine rings is 1. The summed E-state index contributed by atoms with van der Waals surface area (Å²) in [6.45, 7) is 4.48. The van der Waals surface area contributed by atoms with E-state index < -0.39 is 17.2 Å². The average Bonchev–Trinajstić information content (AvgIpc) is 2.76. The number of hydrogen-bond acceptors (Lipinski definition) is 6. The molecule has 0 amide bonds. The number of carboxylic acid groups (broad SMARTS) is 1. The molecule has 2 aromatic heterocycles. The lowest BCUT2D eigenvalue weighted by Gasteiger charge is -2.30. The number of aryl methyl sites for hydroxylation is 1. The van der Waals surface area contributed by atoms with Gasteiger partial charge < -0.3 is 19.5 Å². The fourth-order valence-corrected chi connectivity index (χ4v) is 3.99. The molecule has 1 aliphatic rings. The number of carboxylic acids is 1. The molecule has 0 aliphatic carbocycles. The Balaban J connectivity index is 1.86. The highest BCUT2D eigenvalue weighted by atomic mass is 79.9. The van der Waals surface area contributed by atoms with Crippen LogP contribution in [0.25, 0.3) is 5.65 Å². The number of benzene rings is 1. The molecule has 1 saturated heterocycles. The normalized spacial score (nSPS) is 14.1. The summed E-state index contributed by atoms with van der Waals surface area (Å²) in [6, 6.07) is 11.1. The van der Waals surface area contributed by atoms with Gasteiger partial charge in [-0.3, -0.25) is 9.20 Å². The molecular weight excluding hydrogens is 454 g/mol. The van der Waals surface area contributed by atoms with Crippen molar-refractivity contribution < 1.29 is 19.4 Å². The number of aromatic carboxylic acids is 1. The van der Waals surface area contributed by atoms with Crippen LogP contribution in [0.2, 0.25) is 0 Å². The first-order valence-corrected chi connectivity index (χ1v) is 10.2. The molecule has 1 aromatic carbocycles. The first kappa shape index (κ1) is 20.4. The molecule has 1 aliphatic heterocycles. The number of fused-ring (bicyclic) bond motifs is 1. The Hall–Kier alpha value is -2.91. The monoisotopic (exact) mass is 473 g/mol. The molecule has 0 saturated carbocycles. The fraction of sp³-hybridized carbons (Fsp3) is 0.286. The number of aromatic nitrogens is 2. The molecule has 1 N–H and O–H groups in total. The van der Waals surface area contributed by atoms with Crippen molar-refractivity contribution in [2.75, 3.05) is 31.2 Å². The van der Waals surface area contributed by atoms with Crippen LogP contribution in [-0.4, -0.2) is 46.8 Å². The molecule has 0 atom stereocenters. The topological polar surface area (TPSA) is 93.4 Å². The van der Waals surface area contributed by atoms with Crippen LogP contribution in [0, 0.1) is 6.92 Å². The smallest absolute Gasteiger partial charge is 0.358 e. The van der Waals surface area contributed by atoms with Gasteiger partial charge in [-0.1, -0.05) is 30.3 Å². The summed E-state index contributed by atoms with van der Waals surface area (Å²) in [5.74, 6) is -1.60. The average molecular weight is 474 g/mol. The number of morpholine rings is 1. The quantitative estimate of drug-likeness (QED) is 0.608. The zero-order valence-corrected chi connectivity index (χ0v) is 17.9. The van der Waals surface area contributed by atoms with E-state index >= 15 is 0 Å². The van der Waals surface area contributed by atoms with Crippen molar-refractivity contribution in [3.8, 4) is 5.75 Å². The third-order valence-corrected chi connectivity index (χ3v) is 5.59. The molecule has 4 rings (SSSR count). The molecule has 1 fully saturated rings. The SMILES string of the molecule is Cc1c(N2CCOCC2)cc(Br)c2nc(C(=O)O)c(OCc3ccccc3)c(=O)n12. The van der Waals surface area contributed by atoms with Crippen LogP contribution in [0.15, 0.2) is 45.7 Å². The minimum Gasteiger partial charge on any atom is -0.481 e. The number of rotatable bonds is 5. The van der Waals surface area contributed by atoms with Crippen LogP contribution in [0.3, 0.4) is 0 Å². The maximum atomic E-state index is 13.4. The van der Waals surface area contributed by atoms with Crippen LogP contribution in [0.1, 0.15) is 21.7 Å². The van der Waals surface area contributed by atoms with Crippen LogP contribution < -0.4 is 15.2 Å². The van der Waals surface area contributed by atoms with E-state index in [4.69, 9.17) is 9.47 Å². The van der Waals surface area contributed by atoms with Crippen LogP contribution in [0.4, 0.5) is 5.69 Å². The van der Waals surface area contributed by atoms with Gasteiger partial charge >= 0.3 is 11.5 Å². The molecular formula is C21H20BrN3O5. The number of nitrogens with zero attached hydrogens (tertiary/aromatic N) is 3. The van der Waals surface area contributed by atoms with Crippen molar-refractivity contribution in [3.05, 3.63) is 68.2 Å². The maximum Gasteiger partial charge on any atom is 0.358 e. The zero-order valence-electron chi connectivity index (χ0n) is 16.3. The van der Waals surface area contributed by atoms with E-state index in [1.807, 2.05) is 43.3 Å². The van der Waals surface area contributed by atoms with E-state index in [2.05, 4.69) is 25.8 Å². The second-order valence-corrected chi connectivity index (χ2v) is 7.75. The van der Waals surface area contributed by atoms with Gasteiger partial charge in [0.25, 0.3) is 0 Å². The lowest BCUT2D eigenvalue weighted by Crippen LogP contribution is -2.37. The second-order valence-electron chi connectivity index (χ2n) is 6.90. The Morgan fingerprint density at radius 3 is 2.63 bits per heavy atom. The first-order chi connectivity index (χ1) is 14.5. The van der Waals surface area contributed by atoms with Gasteiger partial charge in [0.15, 0.2) is 11.3 Å². The third kappa shape index (κ3) is 3.78. The second kappa shape index (κ2) is 8.45. The van der Waals surface area contributed by atoms with Gasteiger partial charge in [0.1, 0.15) is 6.61 Å². The minimum absolute atomic E-state index is 0.0630. The summed E-state index contributed by atoms with van der Waals surface area (Å²) in [5.41, 5.74) is 1.61. The van der Waals surface area contributed by atoms with E-state index in [-0.39, 0.29) is 18.0 Å². The van der Waals surface area contributed by atoms with Gasteiger partial charge in [0.05, 0.1) is 23.4 Å². The number of anilines is 1. The van der Waals surface area contributed by atoms with E-state index in [0.717, 1.165) is 11.3 Å². The summed E-state index contributed by atoms with van der Waals surface area (Å²) in [4.78, 5) is 31.5. The van der Waals surface area contributed by atoms with Gasteiger partial charge in [-0.05, 0) is 34.5 Å². The molecule has 156 valence electrons. The largest absolute Gasteiger partial charge is 0.481 e. The Morgan fingerprint density at radius 2 is 1.97 bits per heavy atom. The van der Waals surface area contributed by atoms with Crippen molar-refractivity contribution in [1.82, 2.24) is 9.38 Å². The highest BCUT2D eigenvalue weighted by Crippen LogP contribution is 2.29. The summed E-state index contributed by atoms with van der Waals surface area (Å²) in [6.07, 6.45) is 0. The lowest BCUT2D eigenvalue weighted by molar-refractivity contribution is 0.0684. The highest BCUT2D eigenvalue weighted by Gasteiger charge is 2.24. The van der Waals surface area contributed by atoms with Gasteiger partial charge in [-0.15, -0.1) is 0 Å². The summed E-state index contributed by atoms with van der Waals surface area (Å²) in [5, 5.41) is 9.64. The number of carbonyl (C=O) groups is 1. The maximum absolute atomic E-state index is 13.4. The van der Waals surface area contributed by atoms with Crippen molar-refractivity contribution in [2.24, 2.45) is 0 Å². The molecule has 3 heterocycles. The predicted molar refractivity (Wildman–Crippen MR) is 115 cm³/mol. The first-order valence-electron chi connectivity index (χ1n) is 9.46. The summed E-state index contributed by atoms with van der Waals surface area (Å²) in [7, 11) is 0. The summed E-state index contributed by atoms with van der Waals surface area (Å²) >= 11 is 3.45. The predicted octanol–water partition coefficient (Wildman–Crippen LogP) is 2.88. The van der Waals surface area contributed by atoms with Crippen LogP contribution in [-0.2, 0) is 11.3 Å². The zero-order chi connectivity index (χ0) is 21.3. The van der Waals surface area contributed by atoms with Crippen LogP contribution >= 0.6 is 15.9 Å². The van der Waals surface area contributed by atoms with Gasteiger partial charge in [0, 0.05) is 18.8 Å². The molecule has 0 radical (unpaired) electrons. The van der Waals surface area contributed by atoms with E-state index in [1.165, 1.54) is 4.40 Å². The third-order valence-electron chi connectivity index (χ3n) is 5.01. The highest BCUT2D eigenvalue weighted by molar-refractivity contribution is 9.10. The van der Waals surface area contributed by atoms with Gasteiger partial charge in [0.2, 0.25) is 5.75 Å². The van der Waals surface area contributed by atoms with Gasteiger partial charge in [-0.2, -0.15) is 0 Å². The molecule has 0 bridgehead atoms. The molecule has 0 unspecified atom stereocenters. The molecule has 30 heavy (non-hydrogen) atoms. The Labute approximate surface area is 180 Å². The summed E-state index contributed by atoms with van der Waals surface area (Å²) < 4.78 is 13.0. The number of halogens is 1. The van der Waals surface area contributed by atoms with E-state index in [0.29, 0.717) is 36.5 Å². The Bertz CT molecular complexity index is 1160. The van der Waals surface area contributed by atoms with Crippen molar-refractivity contribution >= 4 is 33.2 Å². The Morgan fingerprint density at radius 1 is 1.27 bits per heavy atom. The van der Waals surface area contributed by atoms with Gasteiger partial charge in [-0.25, -0.2) is 9.78 Å². The number of hydrogen-bond donors (Lipinski definition) is 1. The Kier molecular flexibility index (Phi) is 5.74.